The second-order valence-electron chi connectivity index (χ2n) is 3.14. The maximum Gasteiger partial charge on any atom is 0.326 e. The number of nitrogens with one attached hydrogen (secondary N) is 1. The highest BCUT2D eigenvalue weighted by atomic mass is 16.4. The molecule has 0 aliphatic carbocycles. The lowest BCUT2D eigenvalue weighted by molar-refractivity contribution is -0.140. The lowest BCUT2D eigenvalue weighted by Gasteiger charge is -2.15. The Bertz CT molecular complexity index is 178. The Morgan fingerprint density at radius 2 is 2.15 bits per heavy atom. The van der Waals surface area contributed by atoms with Gasteiger partial charge in [-0.3, -0.25) is 0 Å². The van der Waals surface area contributed by atoms with Gasteiger partial charge in [0.1, 0.15) is 6.04 Å². The van der Waals surface area contributed by atoms with E-state index < -0.39 is 12.0 Å². The summed E-state index contributed by atoms with van der Waals surface area (Å²) in [5, 5.41) is 20.0. The van der Waals surface area contributed by atoms with Gasteiger partial charge in [0, 0.05) is 6.61 Å². The van der Waals surface area contributed by atoms with Crippen LogP contribution in [0.5, 0.6) is 0 Å². The zero-order chi connectivity index (χ0) is 10.3. The van der Waals surface area contributed by atoms with E-state index in [4.69, 9.17) is 10.2 Å². The molecule has 4 heteroatoms. The summed E-state index contributed by atoms with van der Waals surface area (Å²) in [5.41, 5.74) is 0. The normalized spacial score (nSPS) is 13.5. The van der Waals surface area contributed by atoms with Gasteiger partial charge in [-0.2, -0.15) is 0 Å². The summed E-state index contributed by atoms with van der Waals surface area (Å²) in [6, 6.07) is -0.560. The summed E-state index contributed by atoms with van der Waals surface area (Å²) < 4.78 is 0. The molecule has 0 aliphatic heterocycles. The summed E-state index contributed by atoms with van der Waals surface area (Å²) >= 11 is 0. The third-order valence-corrected chi connectivity index (χ3v) is 1.62. The summed E-state index contributed by atoms with van der Waals surface area (Å²) in [6.07, 6.45) is 3.82. The predicted octanol–water partition coefficient (Wildman–Crippen LogP) is 0.581. The Morgan fingerprint density at radius 1 is 1.54 bits per heavy atom. The number of aliphatic hydroxyl groups excluding tert-OH is 1. The molecule has 0 amide bonds. The molecule has 1 atom stereocenters. The summed E-state index contributed by atoms with van der Waals surface area (Å²) in [5.74, 6) is -0.820. The van der Waals surface area contributed by atoms with Gasteiger partial charge in [-0.15, -0.1) is 0 Å². The van der Waals surface area contributed by atoms with Crippen molar-refractivity contribution in [3.8, 4) is 0 Å². The van der Waals surface area contributed by atoms with Gasteiger partial charge in [-0.05, 0) is 18.5 Å². The Morgan fingerprint density at radius 3 is 2.54 bits per heavy atom. The average Bonchev–Trinajstić information content (AvgIpc) is 2.02. The first-order valence-corrected chi connectivity index (χ1v) is 4.34. The maximum absolute atomic E-state index is 10.7. The van der Waals surface area contributed by atoms with Gasteiger partial charge in [0.05, 0.1) is 0 Å². The first-order valence-electron chi connectivity index (χ1n) is 4.34. The molecule has 13 heavy (non-hydrogen) atoms. The zero-order valence-electron chi connectivity index (χ0n) is 8.03. The second-order valence-corrected chi connectivity index (χ2v) is 3.14. The van der Waals surface area contributed by atoms with Gasteiger partial charge in [0.15, 0.2) is 0 Å². The molecule has 0 unspecified atom stereocenters. The van der Waals surface area contributed by atoms with Crippen molar-refractivity contribution < 1.29 is 15.0 Å². The van der Waals surface area contributed by atoms with Crippen molar-refractivity contribution in [3.63, 3.8) is 0 Å². The molecular formula is C9H17NO3. The topological polar surface area (TPSA) is 69.6 Å². The second kappa shape index (κ2) is 6.48. The fraction of sp³-hybridized carbons (Fsp3) is 0.667. The first-order chi connectivity index (χ1) is 6.09. The molecule has 0 heterocycles. The maximum atomic E-state index is 10.7. The van der Waals surface area contributed by atoms with Crippen molar-refractivity contribution in [2.45, 2.75) is 26.3 Å². The average molecular weight is 187 g/mol. The monoisotopic (exact) mass is 187 g/mol. The van der Waals surface area contributed by atoms with Crippen molar-refractivity contribution in [2.24, 2.45) is 5.92 Å². The highest BCUT2D eigenvalue weighted by Gasteiger charge is 2.18. The van der Waals surface area contributed by atoms with E-state index in [1.807, 2.05) is 13.8 Å². The Labute approximate surface area is 78.3 Å². The number of carboxylic acids is 1. The molecule has 0 saturated heterocycles. The lowest BCUT2D eigenvalue weighted by Crippen LogP contribution is -2.37. The molecule has 0 saturated carbocycles. The Hall–Kier alpha value is -1.03. The van der Waals surface area contributed by atoms with Gasteiger partial charge >= 0.3 is 5.97 Å². The Kier molecular flexibility index (Phi) is 5.97. The summed E-state index contributed by atoms with van der Waals surface area (Å²) in [4.78, 5) is 10.7. The number of carboxylic acid groups (broad SMARTS) is 1. The molecule has 0 fully saturated rings. The van der Waals surface area contributed by atoms with Crippen LogP contribution in [-0.4, -0.2) is 28.8 Å². The standard InChI is InChI=1S/C9H17NO3/c1-7(2)8(9(12)13)10-5-3-4-6-11/h3,5,7-8,10-11H,4,6H2,1-2H3,(H,12,13)/t8-/m0/s1. The third kappa shape index (κ3) is 5.25. The van der Waals surface area contributed by atoms with E-state index in [0.717, 1.165) is 0 Å². The lowest BCUT2D eigenvalue weighted by atomic mass is 10.1. The van der Waals surface area contributed by atoms with Crippen molar-refractivity contribution in [1.82, 2.24) is 5.32 Å². The summed E-state index contributed by atoms with van der Waals surface area (Å²) in [7, 11) is 0. The van der Waals surface area contributed by atoms with Crippen LogP contribution < -0.4 is 5.32 Å². The van der Waals surface area contributed by atoms with Gasteiger partial charge in [-0.25, -0.2) is 4.79 Å². The van der Waals surface area contributed by atoms with E-state index in [0.29, 0.717) is 6.42 Å². The number of aliphatic hydroxyl groups is 1. The molecule has 3 N–H and O–H groups in total. The molecule has 0 radical (unpaired) electrons. The van der Waals surface area contributed by atoms with Crippen LogP contribution in [0, 0.1) is 5.92 Å². The first kappa shape index (κ1) is 12.0. The van der Waals surface area contributed by atoms with Crippen molar-refractivity contribution in [1.29, 1.82) is 0 Å². The molecular weight excluding hydrogens is 170 g/mol. The van der Waals surface area contributed by atoms with E-state index >= 15 is 0 Å². The fourth-order valence-corrected chi connectivity index (χ4v) is 0.878. The SMILES string of the molecule is CC(C)[C@H](NC=CCCO)C(=O)O. The van der Waals surface area contributed by atoms with E-state index in [1.165, 1.54) is 0 Å². The van der Waals surface area contributed by atoms with Crippen molar-refractivity contribution in [3.05, 3.63) is 12.3 Å². The van der Waals surface area contributed by atoms with Gasteiger partial charge in [0.2, 0.25) is 0 Å². The van der Waals surface area contributed by atoms with Crippen LogP contribution in [0.15, 0.2) is 12.3 Å². The number of carbonyl (C=O) groups is 1. The zero-order valence-corrected chi connectivity index (χ0v) is 8.03. The molecule has 0 rings (SSSR count). The number of hydrogen-bond acceptors (Lipinski definition) is 3. The third-order valence-electron chi connectivity index (χ3n) is 1.62. The minimum Gasteiger partial charge on any atom is -0.480 e. The highest BCUT2D eigenvalue weighted by molar-refractivity contribution is 5.73. The quantitative estimate of drug-likeness (QED) is 0.569. The van der Waals surface area contributed by atoms with Crippen LogP contribution in [0.2, 0.25) is 0 Å². The van der Waals surface area contributed by atoms with E-state index in [2.05, 4.69) is 5.32 Å². The van der Waals surface area contributed by atoms with Crippen LogP contribution >= 0.6 is 0 Å². The molecule has 4 nitrogen and oxygen atoms in total. The van der Waals surface area contributed by atoms with Crippen LogP contribution in [-0.2, 0) is 4.79 Å². The predicted molar refractivity (Wildman–Crippen MR) is 50.2 cm³/mol. The van der Waals surface area contributed by atoms with Gasteiger partial charge in [-0.1, -0.05) is 19.9 Å². The van der Waals surface area contributed by atoms with Gasteiger partial charge in [0.25, 0.3) is 0 Å². The molecule has 0 aliphatic rings. The smallest absolute Gasteiger partial charge is 0.326 e. The number of hydrogen-bond donors (Lipinski definition) is 3. The highest BCUT2D eigenvalue weighted by Crippen LogP contribution is 2.01. The van der Waals surface area contributed by atoms with Gasteiger partial charge < -0.3 is 15.5 Å². The Balaban J connectivity index is 3.90. The number of rotatable bonds is 6. The molecule has 0 bridgehead atoms. The fourth-order valence-electron chi connectivity index (χ4n) is 0.878. The van der Waals surface area contributed by atoms with Crippen LogP contribution in [0.1, 0.15) is 20.3 Å². The minimum absolute atomic E-state index is 0.0382. The number of aliphatic carboxylic acids is 1. The van der Waals surface area contributed by atoms with Crippen LogP contribution in [0.25, 0.3) is 0 Å². The molecule has 0 aromatic rings. The van der Waals surface area contributed by atoms with E-state index in [9.17, 15) is 4.79 Å². The molecule has 0 aromatic carbocycles. The van der Waals surface area contributed by atoms with Crippen molar-refractivity contribution in [2.75, 3.05) is 6.61 Å². The molecule has 0 spiro atoms. The van der Waals surface area contributed by atoms with Crippen LogP contribution in [0.3, 0.4) is 0 Å². The largest absolute Gasteiger partial charge is 0.480 e. The van der Waals surface area contributed by atoms with E-state index in [-0.39, 0.29) is 12.5 Å². The minimum atomic E-state index is -0.858. The molecule has 0 aromatic heterocycles. The molecule has 76 valence electrons. The van der Waals surface area contributed by atoms with Crippen LogP contribution in [0.4, 0.5) is 0 Å². The van der Waals surface area contributed by atoms with Crippen molar-refractivity contribution >= 4 is 5.97 Å². The summed E-state index contributed by atoms with van der Waals surface area (Å²) in [6.45, 7) is 3.76. The van der Waals surface area contributed by atoms with E-state index in [1.54, 1.807) is 12.3 Å².